The maximum Gasteiger partial charge on any atom is 0.238 e. The van der Waals surface area contributed by atoms with E-state index in [1.165, 1.54) is 12.1 Å². The van der Waals surface area contributed by atoms with Gasteiger partial charge in [-0.3, -0.25) is 4.79 Å². The van der Waals surface area contributed by atoms with E-state index in [9.17, 15) is 13.2 Å². The molecule has 2 aromatic rings. The fourth-order valence-electron chi connectivity index (χ4n) is 2.48. The van der Waals surface area contributed by atoms with Gasteiger partial charge in [-0.05, 0) is 43.2 Å². The molecule has 0 aliphatic heterocycles. The fourth-order valence-corrected chi connectivity index (χ4v) is 3.00. The Hall–Kier alpha value is -2.38. The van der Waals surface area contributed by atoms with Gasteiger partial charge < -0.3 is 9.64 Å². The van der Waals surface area contributed by atoms with Gasteiger partial charge in [-0.2, -0.15) is 0 Å². The van der Waals surface area contributed by atoms with Gasteiger partial charge in [-0.1, -0.05) is 30.3 Å². The number of nitrogens with two attached hydrogens (primary N) is 1. The van der Waals surface area contributed by atoms with Gasteiger partial charge in [0.05, 0.1) is 17.5 Å². The molecule has 26 heavy (non-hydrogen) atoms. The number of hydrogen-bond acceptors (Lipinski definition) is 4. The van der Waals surface area contributed by atoms with Crippen LogP contribution in [0.1, 0.15) is 31.4 Å². The van der Waals surface area contributed by atoms with Gasteiger partial charge in [0.1, 0.15) is 5.75 Å². The molecular weight excluding hydrogens is 352 g/mol. The number of amides is 1. The number of hydrogen-bond donors (Lipinski definition) is 1. The van der Waals surface area contributed by atoms with Crippen LogP contribution in [0, 0.1) is 0 Å². The summed E-state index contributed by atoms with van der Waals surface area (Å²) in [6.07, 6.45) is 0.998. The zero-order valence-electron chi connectivity index (χ0n) is 15.0. The third-order valence-electron chi connectivity index (χ3n) is 4.21. The Labute approximate surface area is 154 Å². The maximum atomic E-state index is 12.3. The summed E-state index contributed by atoms with van der Waals surface area (Å²) < 4.78 is 28.2. The Bertz CT molecular complexity index is 820. The zero-order valence-corrected chi connectivity index (χ0v) is 15.8. The molecule has 1 amide bonds. The highest BCUT2D eigenvalue weighted by Crippen LogP contribution is 2.21. The lowest BCUT2D eigenvalue weighted by Crippen LogP contribution is -2.29. The Morgan fingerprint density at radius 3 is 2.31 bits per heavy atom. The van der Waals surface area contributed by atoms with Crippen LogP contribution in [0.2, 0.25) is 0 Å². The third kappa shape index (κ3) is 5.57. The number of ether oxygens (including phenoxy) is 1. The summed E-state index contributed by atoms with van der Waals surface area (Å²) in [7, 11) is -1.98. The summed E-state index contributed by atoms with van der Waals surface area (Å²) in [6.45, 7) is 2.37. The number of primary sulfonamides is 1. The van der Waals surface area contributed by atoms with Crippen molar-refractivity contribution >= 4 is 15.9 Å². The normalized spacial score (nSPS) is 12.4. The number of para-hydroxylation sites is 1. The smallest absolute Gasteiger partial charge is 0.238 e. The highest BCUT2D eigenvalue weighted by atomic mass is 32.2. The number of rotatable bonds is 8. The van der Waals surface area contributed by atoms with E-state index in [1.807, 2.05) is 37.3 Å². The molecule has 140 valence electrons. The molecule has 0 bridgehead atoms. The monoisotopic (exact) mass is 376 g/mol. The Kier molecular flexibility index (Phi) is 6.76. The van der Waals surface area contributed by atoms with Crippen molar-refractivity contribution in [2.24, 2.45) is 5.14 Å². The SMILES string of the molecule is CC(c1ccc(S(N)(=O)=O)cc1)N(C)C(=O)CCCOc1ccccc1. The lowest BCUT2D eigenvalue weighted by molar-refractivity contribution is -0.132. The fraction of sp³-hybridized carbons (Fsp3) is 0.316. The summed E-state index contributed by atoms with van der Waals surface area (Å²) in [4.78, 5) is 14.1. The van der Waals surface area contributed by atoms with Gasteiger partial charge in [0.15, 0.2) is 0 Å². The molecule has 2 aromatic carbocycles. The molecule has 0 saturated carbocycles. The first kappa shape index (κ1) is 19.9. The Morgan fingerprint density at radius 1 is 1.12 bits per heavy atom. The van der Waals surface area contributed by atoms with Gasteiger partial charge >= 0.3 is 0 Å². The summed E-state index contributed by atoms with van der Waals surface area (Å²) in [5.74, 6) is 0.793. The van der Waals surface area contributed by atoms with Crippen molar-refractivity contribution in [3.05, 3.63) is 60.2 Å². The molecule has 6 nitrogen and oxygen atoms in total. The minimum Gasteiger partial charge on any atom is -0.494 e. The lowest BCUT2D eigenvalue weighted by atomic mass is 10.1. The molecule has 7 heteroatoms. The number of carbonyl (C=O) groups is 1. The van der Waals surface area contributed by atoms with Crippen LogP contribution in [0.4, 0.5) is 0 Å². The van der Waals surface area contributed by atoms with E-state index in [4.69, 9.17) is 9.88 Å². The van der Waals surface area contributed by atoms with Crippen molar-refractivity contribution < 1.29 is 17.9 Å². The molecule has 1 atom stereocenters. The summed E-state index contributed by atoms with van der Waals surface area (Å²) in [5.41, 5.74) is 0.841. The molecule has 1 unspecified atom stereocenters. The van der Waals surface area contributed by atoms with Crippen LogP contribution in [0.3, 0.4) is 0 Å². The zero-order chi connectivity index (χ0) is 19.2. The summed E-state index contributed by atoms with van der Waals surface area (Å²) in [5, 5.41) is 5.10. The second-order valence-corrected chi connectivity index (χ2v) is 7.62. The van der Waals surface area contributed by atoms with Crippen molar-refractivity contribution in [3.63, 3.8) is 0 Å². The largest absolute Gasteiger partial charge is 0.494 e. The van der Waals surface area contributed by atoms with Crippen LogP contribution in [0.15, 0.2) is 59.5 Å². The molecule has 0 aliphatic carbocycles. The van der Waals surface area contributed by atoms with E-state index in [1.54, 1.807) is 24.1 Å². The molecule has 0 radical (unpaired) electrons. The van der Waals surface area contributed by atoms with Crippen molar-refractivity contribution in [2.45, 2.75) is 30.7 Å². The van der Waals surface area contributed by atoms with Crippen LogP contribution in [0.25, 0.3) is 0 Å². The van der Waals surface area contributed by atoms with Gasteiger partial charge in [0, 0.05) is 13.5 Å². The molecule has 0 aliphatic rings. The highest BCUT2D eigenvalue weighted by Gasteiger charge is 2.18. The number of sulfonamides is 1. The van der Waals surface area contributed by atoms with Gasteiger partial charge in [0.25, 0.3) is 0 Å². The minimum atomic E-state index is -3.71. The van der Waals surface area contributed by atoms with Crippen LogP contribution >= 0.6 is 0 Å². The first-order valence-corrected chi connectivity index (χ1v) is 9.90. The van der Waals surface area contributed by atoms with Crippen molar-refractivity contribution in [1.82, 2.24) is 4.90 Å². The van der Waals surface area contributed by atoms with E-state index in [0.29, 0.717) is 19.4 Å². The molecule has 2 N–H and O–H groups in total. The van der Waals surface area contributed by atoms with Crippen LogP contribution in [-0.4, -0.2) is 32.9 Å². The van der Waals surface area contributed by atoms with E-state index < -0.39 is 10.0 Å². The first-order valence-electron chi connectivity index (χ1n) is 8.35. The predicted molar refractivity (Wildman–Crippen MR) is 100 cm³/mol. The molecule has 0 saturated heterocycles. The maximum absolute atomic E-state index is 12.3. The van der Waals surface area contributed by atoms with Crippen molar-refractivity contribution in [2.75, 3.05) is 13.7 Å². The first-order chi connectivity index (χ1) is 12.3. The quantitative estimate of drug-likeness (QED) is 0.717. The Morgan fingerprint density at radius 2 is 1.73 bits per heavy atom. The Balaban J connectivity index is 1.84. The van der Waals surface area contributed by atoms with E-state index in [2.05, 4.69) is 0 Å². The van der Waals surface area contributed by atoms with Gasteiger partial charge in [-0.15, -0.1) is 0 Å². The van der Waals surface area contributed by atoms with Crippen molar-refractivity contribution in [3.8, 4) is 5.75 Å². The molecule has 2 rings (SSSR count). The summed E-state index contributed by atoms with van der Waals surface area (Å²) >= 11 is 0. The molecule has 0 spiro atoms. The van der Waals surface area contributed by atoms with Crippen molar-refractivity contribution in [1.29, 1.82) is 0 Å². The lowest BCUT2D eigenvalue weighted by Gasteiger charge is -2.25. The predicted octanol–water partition coefficient (Wildman–Crippen LogP) is 2.71. The standard InChI is InChI=1S/C19H24N2O4S/c1-15(16-10-12-18(13-11-16)26(20,23)24)21(2)19(22)9-6-14-25-17-7-4-3-5-8-17/h3-5,7-8,10-13,15H,6,9,14H2,1-2H3,(H2,20,23,24). The molecule has 0 aromatic heterocycles. The second kappa shape index (κ2) is 8.82. The van der Waals surface area contributed by atoms with Gasteiger partial charge in [0.2, 0.25) is 15.9 Å². The third-order valence-corrected chi connectivity index (χ3v) is 5.14. The van der Waals surface area contributed by atoms with E-state index in [0.717, 1.165) is 11.3 Å². The minimum absolute atomic E-state index is 0.00434. The van der Waals surface area contributed by atoms with E-state index in [-0.39, 0.29) is 16.8 Å². The average molecular weight is 376 g/mol. The number of nitrogens with zero attached hydrogens (tertiary/aromatic N) is 1. The van der Waals surface area contributed by atoms with Crippen LogP contribution in [0.5, 0.6) is 5.75 Å². The topological polar surface area (TPSA) is 89.7 Å². The second-order valence-electron chi connectivity index (χ2n) is 6.06. The highest BCUT2D eigenvalue weighted by molar-refractivity contribution is 7.89. The average Bonchev–Trinajstić information content (AvgIpc) is 2.64. The molecular formula is C19H24N2O4S. The van der Waals surface area contributed by atoms with E-state index >= 15 is 0 Å². The summed E-state index contributed by atoms with van der Waals surface area (Å²) in [6, 6.07) is 15.5. The number of carbonyl (C=O) groups excluding carboxylic acids is 1. The van der Waals surface area contributed by atoms with Gasteiger partial charge in [-0.25, -0.2) is 13.6 Å². The number of benzene rings is 2. The molecule has 0 heterocycles. The van der Waals surface area contributed by atoms with Crippen LogP contribution in [-0.2, 0) is 14.8 Å². The van der Waals surface area contributed by atoms with Crippen LogP contribution < -0.4 is 9.88 Å². The molecule has 0 fully saturated rings.